The predicted molar refractivity (Wildman–Crippen MR) is 121 cm³/mol. The molecule has 13 heteroatoms. The molecule has 1 amide bonds. The Bertz CT molecular complexity index is 1160. The number of nitrogens with one attached hydrogen (secondary N) is 2. The molecule has 4 heterocycles. The highest BCUT2D eigenvalue weighted by Gasteiger charge is 2.35. The number of carbonyl (C=O) groups is 2. The van der Waals surface area contributed by atoms with Crippen molar-refractivity contribution in [2.45, 2.75) is 32.4 Å². The van der Waals surface area contributed by atoms with E-state index in [9.17, 15) is 9.59 Å². The zero-order valence-electron chi connectivity index (χ0n) is 17.6. The van der Waals surface area contributed by atoms with Crippen LogP contribution in [0, 0.1) is 13.8 Å². The average Bonchev–Trinajstić information content (AvgIpc) is 3.50. The highest BCUT2D eigenvalue weighted by Crippen LogP contribution is 2.32. The zero-order chi connectivity index (χ0) is 23.0. The maximum absolute atomic E-state index is 12.9. The van der Waals surface area contributed by atoms with Crippen molar-refractivity contribution in [1.82, 2.24) is 30.3 Å². The van der Waals surface area contributed by atoms with Crippen LogP contribution in [0.4, 0.5) is 5.13 Å². The van der Waals surface area contributed by atoms with Crippen molar-refractivity contribution in [1.29, 1.82) is 0 Å². The van der Waals surface area contributed by atoms with E-state index in [0.717, 1.165) is 5.69 Å². The molecule has 2 atom stereocenters. The van der Waals surface area contributed by atoms with Gasteiger partial charge in [0.1, 0.15) is 10.6 Å². The van der Waals surface area contributed by atoms with Crippen LogP contribution in [0.5, 0.6) is 0 Å². The summed E-state index contributed by atoms with van der Waals surface area (Å²) in [6.07, 6.45) is 3.96. The molecular formula is C19H21Cl2N7O3S. The van der Waals surface area contributed by atoms with Gasteiger partial charge in [0.25, 0.3) is 5.91 Å². The second-order valence-electron chi connectivity index (χ2n) is 7.47. The van der Waals surface area contributed by atoms with Crippen LogP contribution < -0.4 is 10.2 Å². The molecule has 1 fully saturated rings. The van der Waals surface area contributed by atoms with Crippen molar-refractivity contribution in [2.24, 2.45) is 0 Å². The topological polar surface area (TPSA) is 118 Å². The molecule has 3 aromatic rings. The molecule has 32 heavy (non-hydrogen) atoms. The Labute approximate surface area is 197 Å². The standard InChI is InChI=1S/C19H21Cl2N7O3S/c1-9-7-28(26-25-9)12-8-27(19-22-6-13(32-19)18(30)31-3)5-4-11(12)24-17(29)16-15(21)14(20)10(2)23-16/h6-7,11-12,23H,4-5,8H2,1-3H3,(H,24,29)/t11-,12+/m1/s1. The van der Waals surface area contributed by atoms with Gasteiger partial charge in [-0.25, -0.2) is 14.5 Å². The molecule has 1 aliphatic heterocycles. The molecule has 0 aromatic carbocycles. The summed E-state index contributed by atoms with van der Waals surface area (Å²) in [5.41, 5.74) is 1.63. The predicted octanol–water partition coefficient (Wildman–Crippen LogP) is 3.02. The molecule has 0 aliphatic carbocycles. The lowest BCUT2D eigenvalue weighted by atomic mass is 9.99. The Balaban J connectivity index is 1.56. The van der Waals surface area contributed by atoms with E-state index in [1.165, 1.54) is 24.6 Å². The molecular weight excluding hydrogens is 477 g/mol. The molecule has 10 nitrogen and oxygen atoms in total. The summed E-state index contributed by atoms with van der Waals surface area (Å²) < 4.78 is 6.52. The molecule has 0 radical (unpaired) electrons. The summed E-state index contributed by atoms with van der Waals surface area (Å²) in [5, 5.41) is 12.6. The second kappa shape index (κ2) is 9.08. The molecule has 170 valence electrons. The van der Waals surface area contributed by atoms with Crippen LogP contribution in [0.3, 0.4) is 0 Å². The summed E-state index contributed by atoms with van der Waals surface area (Å²) in [7, 11) is 1.34. The number of carbonyl (C=O) groups excluding carboxylic acids is 2. The minimum atomic E-state index is -0.420. The Morgan fingerprint density at radius 2 is 2.09 bits per heavy atom. The summed E-state index contributed by atoms with van der Waals surface area (Å²) in [6.45, 7) is 4.74. The van der Waals surface area contributed by atoms with E-state index in [-0.39, 0.29) is 28.7 Å². The number of halogens is 2. The third kappa shape index (κ3) is 4.32. The van der Waals surface area contributed by atoms with Crippen LogP contribution in [0.15, 0.2) is 12.4 Å². The average molecular weight is 498 g/mol. The minimum absolute atomic E-state index is 0.199. The number of ether oxygens (including phenoxy) is 1. The van der Waals surface area contributed by atoms with Crippen molar-refractivity contribution in [3.8, 4) is 0 Å². The lowest BCUT2D eigenvalue weighted by Gasteiger charge is -2.38. The van der Waals surface area contributed by atoms with E-state index in [1.54, 1.807) is 11.6 Å². The first-order chi connectivity index (χ1) is 15.3. The summed E-state index contributed by atoms with van der Waals surface area (Å²) in [4.78, 5) is 34.5. The second-order valence-corrected chi connectivity index (χ2v) is 9.24. The molecule has 0 unspecified atom stereocenters. The summed E-state index contributed by atoms with van der Waals surface area (Å²) in [5.74, 6) is -0.761. The minimum Gasteiger partial charge on any atom is -0.465 e. The third-order valence-corrected chi connectivity index (χ3v) is 7.28. The van der Waals surface area contributed by atoms with Gasteiger partial charge in [-0.3, -0.25) is 4.79 Å². The molecule has 2 N–H and O–H groups in total. The number of hydrogen-bond acceptors (Lipinski definition) is 8. The lowest BCUT2D eigenvalue weighted by Crippen LogP contribution is -2.52. The number of aromatic nitrogens is 5. The lowest BCUT2D eigenvalue weighted by molar-refractivity contribution is 0.0606. The number of thiazole rings is 1. The smallest absolute Gasteiger partial charge is 0.349 e. The maximum Gasteiger partial charge on any atom is 0.349 e. The number of aryl methyl sites for hydroxylation is 2. The SMILES string of the molecule is COC(=O)c1cnc(N2CC[C@@H](NC(=O)c3[nH]c(C)c(Cl)c3Cl)[C@@H](n3cc(C)nn3)C2)s1. The van der Waals surface area contributed by atoms with E-state index in [1.807, 2.05) is 13.1 Å². The monoisotopic (exact) mass is 497 g/mol. The van der Waals surface area contributed by atoms with Gasteiger partial charge in [0.15, 0.2) is 5.13 Å². The Hall–Kier alpha value is -2.63. The van der Waals surface area contributed by atoms with Gasteiger partial charge < -0.3 is 19.9 Å². The molecule has 0 spiro atoms. The number of methoxy groups -OCH3 is 1. The number of hydrogen-bond donors (Lipinski definition) is 2. The van der Waals surface area contributed by atoms with Crippen LogP contribution in [0.25, 0.3) is 0 Å². The molecule has 1 saturated heterocycles. The number of H-pyrrole nitrogens is 1. The van der Waals surface area contributed by atoms with Crippen LogP contribution in [0.1, 0.15) is 44.0 Å². The van der Waals surface area contributed by atoms with Gasteiger partial charge in [-0.1, -0.05) is 39.8 Å². The number of aromatic amines is 1. The molecule has 0 bridgehead atoms. The van der Waals surface area contributed by atoms with Gasteiger partial charge in [0, 0.05) is 25.0 Å². The third-order valence-electron chi connectivity index (χ3n) is 5.29. The fourth-order valence-electron chi connectivity index (χ4n) is 3.64. The van der Waals surface area contributed by atoms with Crippen molar-refractivity contribution in [3.63, 3.8) is 0 Å². The normalized spacial score (nSPS) is 18.6. The van der Waals surface area contributed by atoms with Gasteiger partial charge in [-0.15, -0.1) is 5.10 Å². The first-order valence-electron chi connectivity index (χ1n) is 9.80. The quantitative estimate of drug-likeness (QED) is 0.520. The van der Waals surface area contributed by atoms with Gasteiger partial charge in [-0.2, -0.15) is 0 Å². The fourth-order valence-corrected chi connectivity index (χ4v) is 4.93. The van der Waals surface area contributed by atoms with Crippen molar-refractivity contribution >= 4 is 51.5 Å². The molecule has 3 aromatic heterocycles. The number of rotatable bonds is 5. The van der Waals surface area contributed by atoms with Crippen molar-refractivity contribution < 1.29 is 14.3 Å². The zero-order valence-corrected chi connectivity index (χ0v) is 19.9. The van der Waals surface area contributed by atoms with Gasteiger partial charge in [0.05, 0.1) is 41.1 Å². The number of nitrogens with zero attached hydrogens (tertiary/aromatic N) is 5. The van der Waals surface area contributed by atoms with Crippen molar-refractivity contribution in [3.05, 3.63) is 44.4 Å². The van der Waals surface area contributed by atoms with E-state index in [4.69, 9.17) is 27.9 Å². The maximum atomic E-state index is 12.9. The Morgan fingerprint density at radius 1 is 1.31 bits per heavy atom. The van der Waals surface area contributed by atoms with Gasteiger partial charge in [-0.05, 0) is 20.3 Å². The van der Waals surface area contributed by atoms with Crippen LogP contribution in [-0.2, 0) is 4.74 Å². The fraction of sp³-hybridized carbons (Fsp3) is 0.421. The van der Waals surface area contributed by atoms with E-state index in [2.05, 4.69) is 30.5 Å². The van der Waals surface area contributed by atoms with Crippen LogP contribution >= 0.6 is 34.5 Å². The highest BCUT2D eigenvalue weighted by atomic mass is 35.5. The number of piperidine rings is 1. The van der Waals surface area contributed by atoms with Crippen LogP contribution in [-0.4, -0.2) is 63.1 Å². The van der Waals surface area contributed by atoms with Gasteiger partial charge >= 0.3 is 5.97 Å². The summed E-state index contributed by atoms with van der Waals surface area (Å²) in [6, 6.07) is -0.456. The van der Waals surface area contributed by atoms with E-state index < -0.39 is 5.97 Å². The van der Waals surface area contributed by atoms with E-state index >= 15 is 0 Å². The van der Waals surface area contributed by atoms with Gasteiger partial charge in [0.2, 0.25) is 0 Å². The number of amides is 1. The number of anilines is 1. The molecule has 4 rings (SSSR count). The molecule has 1 aliphatic rings. The largest absolute Gasteiger partial charge is 0.465 e. The molecule has 0 saturated carbocycles. The first kappa shape index (κ1) is 22.6. The van der Waals surface area contributed by atoms with Crippen molar-refractivity contribution in [2.75, 3.05) is 25.1 Å². The highest BCUT2D eigenvalue weighted by molar-refractivity contribution is 7.17. The van der Waals surface area contributed by atoms with E-state index in [0.29, 0.717) is 40.2 Å². The Kier molecular flexibility index (Phi) is 6.40. The Morgan fingerprint density at radius 3 is 2.72 bits per heavy atom. The first-order valence-corrected chi connectivity index (χ1v) is 11.4. The van der Waals surface area contributed by atoms with Crippen LogP contribution in [0.2, 0.25) is 10.0 Å². The number of esters is 1. The summed E-state index contributed by atoms with van der Waals surface area (Å²) >= 11 is 13.6.